The summed E-state index contributed by atoms with van der Waals surface area (Å²) in [6.07, 6.45) is 4.42. The number of rotatable bonds is 9. The average molecular weight is 762 g/mol. The molecule has 6 aromatic carbocycles. The van der Waals surface area contributed by atoms with E-state index in [1.807, 2.05) is 0 Å². The van der Waals surface area contributed by atoms with Crippen LogP contribution in [-0.2, 0) is 11.1 Å². The van der Waals surface area contributed by atoms with E-state index in [-0.39, 0.29) is 11.1 Å². The van der Waals surface area contributed by atoms with E-state index in [0.29, 0.717) is 0 Å². The third kappa shape index (κ3) is 6.91. The lowest BCUT2D eigenvalue weighted by atomic mass is 10.1. The van der Waals surface area contributed by atoms with Crippen molar-refractivity contribution in [3.8, 4) is 0 Å². The number of benzene rings is 6. The Hall–Kier alpha value is -4.64. The van der Waals surface area contributed by atoms with E-state index < -0.39 is 14.1 Å². The molecule has 1 aromatic heterocycles. The molecule has 6 heteroatoms. The van der Waals surface area contributed by atoms with Gasteiger partial charge in [0.25, 0.3) is 0 Å². The molecule has 0 N–H and O–H groups in total. The molecule has 7 aromatic rings. The van der Waals surface area contributed by atoms with Gasteiger partial charge in [-0.15, -0.1) is 0 Å². The zero-order valence-electron chi connectivity index (χ0n) is 32.2. The predicted molar refractivity (Wildman–Crippen MR) is 239 cm³/mol. The Bertz CT molecular complexity index is 2140. The lowest BCUT2D eigenvalue weighted by Crippen LogP contribution is -2.49. The summed E-state index contributed by atoms with van der Waals surface area (Å²) < 4.78 is 12.0. The summed E-state index contributed by atoms with van der Waals surface area (Å²) in [5.74, 6) is 0.966. The van der Waals surface area contributed by atoms with Crippen LogP contribution in [0.25, 0.3) is 0 Å². The maximum atomic E-state index is 5.90. The van der Waals surface area contributed by atoms with E-state index in [1.54, 1.807) is 0 Å². The maximum Gasteiger partial charge on any atom is 0.403 e. The van der Waals surface area contributed by atoms with Gasteiger partial charge >= 0.3 is 5.95 Å². The first-order chi connectivity index (χ1) is 26.1. The monoisotopic (exact) mass is 761 g/mol. The molecule has 7 rings (SSSR count). The number of hydrogen-bond donors (Lipinski definition) is 0. The van der Waals surface area contributed by atoms with Gasteiger partial charge in [-0.1, -0.05) is 146 Å². The van der Waals surface area contributed by atoms with Crippen LogP contribution >= 0.6 is 22.5 Å². The first kappa shape index (κ1) is 37.7. The van der Waals surface area contributed by atoms with Crippen LogP contribution in [0.4, 0.5) is 5.95 Å². The van der Waals surface area contributed by atoms with Crippen molar-refractivity contribution in [3.05, 3.63) is 194 Å². The summed E-state index contributed by atoms with van der Waals surface area (Å²) in [6.45, 7) is 10.9. The smallest absolute Gasteiger partial charge is 0.228 e. The highest BCUT2D eigenvalue weighted by Crippen LogP contribution is 2.68. The summed E-state index contributed by atoms with van der Waals surface area (Å²) >= 11 is 0. The second-order valence-electron chi connectivity index (χ2n) is 15.5. The number of aromatic nitrogens is 2. The summed E-state index contributed by atoms with van der Waals surface area (Å²) in [7, 11) is -1.75. The molecule has 0 aliphatic rings. The number of nitrogens with zero attached hydrogens (tertiary/aromatic N) is 3. The average Bonchev–Trinajstić information content (AvgIpc) is 3.66. The van der Waals surface area contributed by atoms with Crippen molar-refractivity contribution in [2.45, 2.75) is 52.6 Å². The van der Waals surface area contributed by atoms with Crippen LogP contribution in [0.3, 0.4) is 0 Å². The van der Waals surface area contributed by atoms with Crippen LogP contribution < -0.4 is 36.4 Å². The predicted octanol–water partition coefficient (Wildman–Crippen LogP) is 10.1. The highest BCUT2D eigenvalue weighted by Gasteiger charge is 2.55. The number of imidazole rings is 1. The fourth-order valence-electron chi connectivity index (χ4n) is 7.47. The van der Waals surface area contributed by atoms with Crippen LogP contribution in [0.15, 0.2) is 199 Å². The van der Waals surface area contributed by atoms with Gasteiger partial charge in [0.05, 0.1) is 23.5 Å². The molecule has 3 nitrogen and oxygen atoms in total. The molecular formula is C48H50N3P3+2. The molecule has 0 saturated carbocycles. The van der Waals surface area contributed by atoms with E-state index >= 15 is 0 Å². The Balaban J connectivity index is 1.84. The summed E-state index contributed by atoms with van der Waals surface area (Å²) in [5, 5.41) is 7.93. The molecular weight excluding hydrogens is 711 g/mol. The molecule has 0 saturated heterocycles. The quantitative estimate of drug-likeness (QED) is 0.103. The van der Waals surface area contributed by atoms with Crippen LogP contribution in [0.5, 0.6) is 0 Å². The van der Waals surface area contributed by atoms with Crippen LogP contribution in [0.1, 0.15) is 41.5 Å². The van der Waals surface area contributed by atoms with Gasteiger partial charge in [-0.05, 0) is 98.6 Å². The van der Waals surface area contributed by atoms with Gasteiger partial charge in [0, 0.05) is 6.89 Å². The molecule has 0 fully saturated rings. The molecule has 0 atom stereocenters. The van der Waals surface area contributed by atoms with Gasteiger partial charge in [0.15, 0.2) is 20.4 Å². The van der Waals surface area contributed by atoms with Crippen molar-refractivity contribution in [2.24, 2.45) is 4.74 Å². The van der Waals surface area contributed by atoms with Gasteiger partial charge in [-0.25, -0.2) is 9.13 Å². The van der Waals surface area contributed by atoms with Crippen LogP contribution in [0, 0.1) is 0 Å². The first-order valence-corrected chi connectivity index (χ1v) is 23.1. The first-order valence-electron chi connectivity index (χ1n) is 18.6. The second kappa shape index (κ2) is 15.6. The Morgan fingerprint density at radius 3 is 1.17 bits per heavy atom. The summed E-state index contributed by atoms with van der Waals surface area (Å²) in [6, 6.07) is 67.9. The van der Waals surface area contributed by atoms with Crippen molar-refractivity contribution < 1.29 is 4.57 Å². The summed E-state index contributed by atoms with van der Waals surface area (Å²) in [5.41, 5.74) is -0.361. The SMILES string of the molecule is CC(C)(C)n1cc[n+](C(C)(C)C)c1N=PC(=P(c1ccccc1)(c1ccccc1)c1ccccc1)[P+](c1ccccc1)(c1ccccc1)c1ccccc1. The van der Waals surface area contributed by atoms with Gasteiger partial charge in [-0.2, -0.15) is 0 Å². The van der Waals surface area contributed by atoms with Crippen molar-refractivity contribution in [2.75, 3.05) is 0 Å². The molecule has 0 amide bonds. The number of hydrogen-bond acceptors (Lipinski definition) is 1. The van der Waals surface area contributed by atoms with E-state index in [0.717, 1.165) is 14.3 Å². The van der Waals surface area contributed by atoms with E-state index in [2.05, 4.69) is 245 Å². The maximum absolute atomic E-state index is 5.90. The molecule has 0 aliphatic heterocycles. The molecule has 270 valence electrons. The van der Waals surface area contributed by atoms with Gasteiger partial charge < -0.3 is 0 Å². The highest BCUT2D eigenvalue weighted by atomic mass is 31.2. The minimum Gasteiger partial charge on any atom is -0.228 e. The minimum absolute atomic E-state index is 0.180. The molecule has 1 heterocycles. The standard InChI is InChI=1S/C48H50N3P3/c1-47(2,3)50-37-38-51(48(4,5)6)45(50)49-52-46(53(39-25-13-7-14-26-39,40-27-15-8-16-28-40)41-29-17-9-18-30-41)54(42-31-19-10-20-32-42,43-33-21-11-22-34-43)44-35-23-12-24-36-44/h7-38H,1-6H3/q+2. The van der Waals surface area contributed by atoms with Crippen molar-refractivity contribution in [1.82, 2.24) is 4.57 Å². The van der Waals surface area contributed by atoms with E-state index in [9.17, 15) is 0 Å². The largest absolute Gasteiger partial charge is 0.403 e. The van der Waals surface area contributed by atoms with E-state index in [1.165, 1.54) is 36.6 Å². The normalized spacial score (nSPS) is 12.6. The van der Waals surface area contributed by atoms with Crippen LogP contribution in [-0.4, -0.2) is 9.34 Å². The Morgan fingerprint density at radius 1 is 0.519 bits per heavy atom. The van der Waals surface area contributed by atoms with Gasteiger partial charge in [0.1, 0.15) is 15.9 Å². The fraction of sp³-hybridized carbons (Fsp3) is 0.167. The Kier molecular flexibility index (Phi) is 10.9. The third-order valence-electron chi connectivity index (χ3n) is 9.93. The molecule has 0 aliphatic carbocycles. The lowest BCUT2D eigenvalue weighted by molar-refractivity contribution is -0.741. The van der Waals surface area contributed by atoms with Crippen molar-refractivity contribution in [1.29, 1.82) is 0 Å². The fourth-order valence-corrected chi connectivity index (χ4v) is 22.0. The lowest BCUT2D eigenvalue weighted by Gasteiger charge is -2.36. The zero-order valence-corrected chi connectivity index (χ0v) is 34.8. The van der Waals surface area contributed by atoms with Crippen molar-refractivity contribution in [3.63, 3.8) is 0 Å². The Labute approximate surface area is 324 Å². The molecule has 0 spiro atoms. The molecule has 54 heavy (non-hydrogen) atoms. The molecule has 0 bridgehead atoms. The van der Waals surface area contributed by atoms with Gasteiger partial charge in [-0.3, -0.25) is 0 Å². The molecule has 0 radical (unpaired) electrons. The third-order valence-corrected chi connectivity index (χ3v) is 22.2. The highest BCUT2D eigenvalue weighted by molar-refractivity contribution is 8.29. The summed E-state index contributed by atoms with van der Waals surface area (Å²) in [4.78, 5) is 0. The van der Waals surface area contributed by atoms with E-state index in [4.69, 9.17) is 4.74 Å². The van der Waals surface area contributed by atoms with Crippen LogP contribution in [0.2, 0.25) is 0 Å². The topological polar surface area (TPSA) is 21.2 Å². The zero-order chi connectivity index (χ0) is 37.8. The van der Waals surface area contributed by atoms with Gasteiger partial charge in [0.2, 0.25) is 0 Å². The molecule has 0 unspecified atom stereocenters. The van der Waals surface area contributed by atoms with Crippen molar-refractivity contribution >= 4 is 65.1 Å². The second-order valence-corrected chi connectivity index (χ2v) is 24.1. The minimum atomic E-state index is -2.67. The Morgan fingerprint density at radius 2 is 0.852 bits per heavy atom.